The first-order valence-corrected chi connectivity index (χ1v) is 8.49. The van der Waals surface area contributed by atoms with E-state index in [1.807, 2.05) is 31.4 Å². The molecule has 0 aliphatic carbocycles. The van der Waals surface area contributed by atoms with Crippen LogP contribution in [0.3, 0.4) is 0 Å². The minimum Gasteiger partial charge on any atom is -0.383 e. The summed E-state index contributed by atoms with van der Waals surface area (Å²) in [5.74, 6) is 0.0318. The Morgan fingerprint density at radius 2 is 2.10 bits per heavy atom. The van der Waals surface area contributed by atoms with Gasteiger partial charge in [-0.15, -0.1) is 11.3 Å². The van der Waals surface area contributed by atoms with Crippen molar-refractivity contribution >= 4 is 27.2 Å². The van der Waals surface area contributed by atoms with Crippen LogP contribution in [0.4, 0.5) is 5.82 Å². The van der Waals surface area contributed by atoms with E-state index >= 15 is 0 Å². The van der Waals surface area contributed by atoms with E-state index in [0.29, 0.717) is 6.54 Å². The Bertz CT molecular complexity index is 667. The molecule has 2 rings (SSSR count). The summed E-state index contributed by atoms with van der Waals surface area (Å²) in [6, 6.07) is 6.72. The van der Waals surface area contributed by atoms with Crippen molar-refractivity contribution < 1.29 is 8.42 Å². The van der Waals surface area contributed by atoms with Gasteiger partial charge in [-0.25, -0.2) is 13.4 Å². The number of nitrogens with zero attached hydrogens (tertiary/aromatic N) is 2. The van der Waals surface area contributed by atoms with Crippen molar-refractivity contribution in [2.45, 2.75) is 31.3 Å². The summed E-state index contributed by atoms with van der Waals surface area (Å²) in [6.45, 7) is 4.03. The lowest BCUT2D eigenvalue weighted by Gasteiger charge is -2.25. The molecule has 0 amide bonds. The van der Waals surface area contributed by atoms with E-state index in [-0.39, 0.29) is 16.8 Å². The Hall–Kier alpha value is -1.44. The number of aromatic nitrogens is 1. The van der Waals surface area contributed by atoms with Crippen LogP contribution in [-0.2, 0) is 16.6 Å². The molecule has 5 nitrogen and oxygen atoms in total. The van der Waals surface area contributed by atoms with Crippen molar-refractivity contribution in [3.63, 3.8) is 0 Å². The number of rotatable bonds is 5. The molecule has 2 aromatic rings. The molecule has 0 fully saturated rings. The van der Waals surface area contributed by atoms with Crippen LogP contribution in [-0.4, -0.2) is 23.7 Å². The third-order valence-electron chi connectivity index (χ3n) is 2.85. The molecule has 0 aliphatic rings. The number of anilines is 1. The van der Waals surface area contributed by atoms with Gasteiger partial charge in [0.25, 0.3) is 0 Å². The summed E-state index contributed by atoms with van der Waals surface area (Å²) in [6.07, 6.45) is 1.48. The second-order valence-corrected chi connectivity index (χ2v) is 7.50. The Morgan fingerprint density at radius 3 is 2.65 bits per heavy atom. The molecule has 2 heterocycles. The maximum atomic E-state index is 12.7. The zero-order valence-electron chi connectivity index (χ0n) is 11.4. The fraction of sp³-hybridized carbons (Fsp3) is 0.308. The standard InChI is InChI=1S/C13H17N3O2S2/c1-10(2)16(9-11-5-4-8-19-11)20(17,18)12-6-3-7-15-13(12)14/h3-8,10H,9H2,1-2H3,(H2,14,15). The molecule has 2 N–H and O–H groups in total. The van der Waals surface area contributed by atoms with Crippen LogP contribution < -0.4 is 5.73 Å². The largest absolute Gasteiger partial charge is 0.383 e. The number of nitrogens with two attached hydrogens (primary N) is 1. The van der Waals surface area contributed by atoms with Crippen LogP contribution in [0.15, 0.2) is 40.7 Å². The van der Waals surface area contributed by atoms with Gasteiger partial charge in [-0.2, -0.15) is 4.31 Å². The fourth-order valence-electron chi connectivity index (χ4n) is 1.85. The van der Waals surface area contributed by atoms with Crippen molar-refractivity contribution in [2.24, 2.45) is 0 Å². The van der Waals surface area contributed by atoms with E-state index in [1.165, 1.54) is 27.9 Å². The molecule has 7 heteroatoms. The number of hydrogen-bond donors (Lipinski definition) is 1. The van der Waals surface area contributed by atoms with Gasteiger partial charge in [0.05, 0.1) is 0 Å². The highest BCUT2D eigenvalue weighted by atomic mass is 32.2. The monoisotopic (exact) mass is 311 g/mol. The van der Waals surface area contributed by atoms with Crippen molar-refractivity contribution in [3.8, 4) is 0 Å². The molecule has 2 aromatic heterocycles. The normalized spacial score (nSPS) is 12.2. The topological polar surface area (TPSA) is 76.3 Å². The average molecular weight is 311 g/mol. The second-order valence-electron chi connectivity index (χ2n) is 4.61. The number of nitrogen functional groups attached to an aromatic ring is 1. The third-order valence-corrected chi connectivity index (χ3v) is 5.78. The van der Waals surface area contributed by atoms with Crippen LogP contribution in [0, 0.1) is 0 Å². The summed E-state index contributed by atoms with van der Waals surface area (Å²) >= 11 is 1.53. The molecule has 0 saturated carbocycles. The van der Waals surface area contributed by atoms with Gasteiger partial charge >= 0.3 is 0 Å². The summed E-state index contributed by atoms with van der Waals surface area (Å²) in [5.41, 5.74) is 5.70. The van der Waals surface area contributed by atoms with Crippen LogP contribution in [0.5, 0.6) is 0 Å². The van der Waals surface area contributed by atoms with E-state index in [9.17, 15) is 8.42 Å². The highest BCUT2D eigenvalue weighted by molar-refractivity contribution is 7.89. The molecule has 0 aromatic carbocycles. The van der Waals surface area contributed by atoms with Gasteiger partial charge in [0.1, 0.15) is 10.7 Å². The average Bonchev–Trinajstić information content (AvgIpc) is 2.88. The zero-order valence-corrected chi connectivity index (χ0v) is 13.0. The molecule has 0 spiro atoms. The summed E-state index contributed by atoms with van der Waals surface area (Å²) in [5, 5.41) is 1.93. The van der Waals surface area contributed by atoms with Gasteiger partial charge < -0.3 is 5.73 Å². The lowest BCUT2D eigenvalue weighted by molar-refractivity contribution is 0.350. The molecule has 0 radical (unpaired) electrons. The summed E-state index contributed by atoms with van der Waals surface area (Å²) < 4.78 is 26.9. The fourth-order valence-corrected chi connectivity index (χ4v) is 4.32. The second kappa shape index (κ2) is 5.90. The van der Waals surface area contributed by atoms with Gasteiger partial charge in [0, 0.05) is 23.7 Å². The zero-order chi connectivity index (χ0) is 14.8. The maximum Gasteiger partial charge on any atom is 0.247 e. The minimum atomic E-state index is -3.65. The number of hydrogen-bond acceptors (Lipinski definition) is 5. The van der Waals surface area contributed by atoms with Crippen LogP contribution in [0.25, 0.3) is 0 Å². The lowest BCUT2D eigenvalue weighted by atomic mass is 10.4. The molecule has 0 aliphatic heterocycles. The first kappa shape index (κ1) is 15.0. The van der Waals surface area contributed by atoms with E-state index < -0.39 is 10.0 Å². The summed E-state index contributed by atoms with van der Waals surface area (Å²) in [4.78, 5) is 4.91. The first-order valence-electron chi connectivity index (χ1n) is 6.17. The molecule has 0 bridgehead atoms. The van der Waals surface area contributed by atoms with Gasteiger partial charge in [0.15, 0.2) is 0 Å². The molecule has 0 unspecified atom stereocenters. The lowest BCUT2D eigenvalue weighted by Crippen LogP contribution is -2.36. The number of sulfonamides is 1. The van der Waals surface area contributed by atoms with Crippen molar-refractivity contribution in [3.05, 3.63) is 40.7 Å². The Balaban J connectivity index is 2.40. The molecule has 0 atom stereocenters. The Morgan fingerprint density at radius 1 is 1.35 bits per heavy atom. The quantitative estimate of drug-likeness (QED) is 0.919. The molecular formula is C13H17N3O2S2. The first-order chi connectivity index (χ1) is 9.43. The van der Waals surface area contributed by atoms with Gasteiger partial charge in [-0.05, 0) is 37.4 Å². The molecular weight excluding hydrogens is 294 g/mol. The third kappa shape index (κ3) is 3.00. The van der Waals surface area contributed by atoms with Gasteiger partial charge in [-0.3, -0.25) is 0 Å². The Kier molecular flexibility index (Phi) is 4.42. The van der Waals surface area contributed by atoms with E-state index in [1.54, 1.807) is 6.07 Å². The Labute approximate surface area is 123 Å². The predicted octanol–water partition coefficient (Wildman–Crippen LogP) is 2.32. The number of pyridine rings is 1. The van der Waals surface area contributed by atoms with Crippen LogP contribution >= 0.6 is 11.3 Å². The van der Waals surface area contributed by atoms with Crippen molar-refractivity contribution in [1.82, 2.24) is 9.29 Å². The molecule has 108 valence electrons. The molecule has 20 heavy (non-hydrogen) atoms. The SMILES string of the molecule is CC(C)N(Cc1cccs1)S(=O)(=O)c1cccnc1N. The van der Waals surface area contributed by atoms with E-state index in [2.05, 4.69) is 4.98 Å². The summed E-state index contributed by atoms with van der Waals surface area (Å²) in [7, 11) is -3.65. The van der Waals surface area contributed by atoms with Gasteiger partial charge in [-0.1, -0.05) is 6.07 Å². The van der Waals surface area contributed by atoms with Crippen molar-refractivity contribution in [2.75, 3.05) is 5.73 Å². The molecule has 0 saturated heterocycles. The highest BCUT2D eigenvalue weighted by Crippen LogP contribution is 2.25. The smallest absolute Gasteiger partial charge is 0.247 e. The van der Waals surface area contributed by atoms with Crippen molar-refractivity contribution in [1.29, 1.82) is 0 Å². The van der Waals surface area contributed by atoms with Crippen LogP contribution in [0.2, 0.25) is 0 Å². The minimum absolute atomic E-state index is 0.0318. The van der Waals surface area contributed by atoms with E-state index in [4.69, 9.17) is 5.73 Å². The van der Waals surface area contributed by atoms with Gasteiger partial charge in [0.2, 0.25) is 10.0 Å². The maximum absolute atomic E-state index is 12.7. The van der Waals surface area contributed by atoms with E-state index in [0.717, 1.165) is 4.88 Å². The van der Waals surface area contributed by atoms with Crippen LogP contribution in [0.1, 0.15) is 18.7 Å². The predicted molar refractivity (Wildman–Crippen MR) is 80.8 cm³/mol. The highest BCUT2D eigenvalue weighted by Gasteiger charge is 2.29. The number of thiophene rings is 1.